The van der Waals surface area contributed by atoms with E-state index in [4.69, 9.17) is 4.74 Å². The normalized spacial score (nSPS) is 15.6. The Morgan fingerprint density at radius 3 is 3.18 bits per heavy atom. The minimum atomic E-state index is -0.321. The Bertz CT molecular complexity index is 194. The summed E-state index contributed by atoms with van der Waals surface area (Å²) in [4.78, 5) is 10.5. The van der Waals surface area contributed by atoms with Crippen LogP contribution in [-0.2, 0) is 14.3 Å². The molecule has 0 unspecified atom stereocenters. The molecule has 0 N–H and O–H groups in total. The highest BCUT2D eigenvalue weighted by atomic mass is 16.6. The lowest BCUT2D eigenvalue weighted by Gasteiger charge is -2.01. The lowest BCUT2D eigenvalue weighted by atomic mass is 10.4. The highest BCUT2D eigenvalue weighted by molar-refractivity contribution is 5.84. The van der Waals surface area contributed by atoms with Crippen LogP contribution in [-0.4, -0.2) is 19.2 Å². The van der Waals surface area contributed by atoms with Crippen LogP contribution in [0.2, 0.25) is 0 Å². The van der Waals surface area contributed by atoms with E-state index in [1.165, 1.54) is 6.08 Å². The van der Waals surface area contributed by atoms with Gasteiger partial charge in [-0.05, 0) is 6.42 Å². The second kappa shape index (κ2) is 3.81. The average molecular weight is 154 g/mol. The van der Waals surface area contributed by atoms with Gasteiger partial charge >= 0.3 is 5.97 Å². The highest BCUT2D eigenvalue weighted by Gasteiger charge is 2.12. The Kier molecular flexibility index (Phi) is 2.72. The first kappa shape index (κ1) is 7.85. The summed E-state index contributed by atoms with van der Waals surface area (Å²) >= 11 is 0. The van der Waals surface area contributed by atoms with Crippen LogP contribution in [0.1, 0.15) is 6.42 Å². The molecular weight excluding hydrogens is 144 g/mol. The van der Waals surface area contributed by atoms with Gasteiger partial charge in [-0.25, -0.2) is 4.79 Å². The average Bonchev–Trinajstić information content (AvgIpc) is 2.37. The van der Waals surface area contributed by atoms with Gasteiger partial charge in [-0.15, -0.1) is 6.58 Å². The molecule has 3 heteroatoms. The van der Waals surface area contributed by atoms with Crippen LogP contribution < -0.4 is 0 Å². The third kappa shape index (κ3) is 2.45. The molecule has 11 heavy (non-hydrogen) atoms. The summed E-state index contributed by atoms with van der Waals surface area (Å²) in [7, 11) is 0. The lowest BCUT2D eigenvalue weighted by Crippen LogP contribution is -1.96. The molecule has 1 aliphatic rings. The van der Waals surface area contributed by atoms with Crippen LogP contribution in [0.25, 0.3) is 0 Å². The molecule has 0 fully saturated rings. The Morgan fingerprint density at radius 1 is 1.82 bits per heavy atom. The van der Waals surface area contributed by atoms with Gasteiger partial charge in [0, 0.05) is 0 Å². The molecule has 0 aliphatic carbocycles. The van der Waals surface area contributed by atoms with Gasteiger partial charge in [0.15, 0.2) is 0 Å². The van der Waals surface area contributed by atoms with E-state index in [0.717, 1.165) is 6.42 Å². The molecule has 1 aliphatic heterocycles. The molecule has 60 valence electrons. The van der Waals surface area contributed by atoms with Crippen LogP contribution in [0.4, 0.5) is 0 Å². The number of rotatable bonds is 4. The first-order chi connectivity index (χ1) is 5.33. The molecular formula is C8H10O3. The number of cyclic esters (lactones) is 1. The van der Waals surface area contributed by atoms with Crippen molar-refractivity contribution in [3.05, 3.63) is 24.5 Å². The number of carbonyl (C=O) groups excluding carboxylic acids is 1. The standard InChI is InChI=1S/C8H10O3/c1-2-3-4-10-7-5-8(9)11-6-7/h2,5H,1,3-4,6H2. The Labute approximate surface area is 65.3 Å². The van der Waals surface area contributed by atoms with Gasteiger partial charge in [-0.2, -0.15) is 0 Å². The van der Waals surface area contributed by atoms with Crippen molar-refractivity contribution in [2.75, 3.05) is 13.2 Å². The number of hydrogen-bond donors (Lipinski definition) is 0. The number of ether oxygens (including phenoxy) is 2. The topological polar surface area (TPSA) is 35.5 Å². The van der Waals surface area contributed by atoms with Gasteiger partial charge in [0.25, 0.3) is 0 Å². The Hall–Kier alpha value is -1.25. The quantitative estimate of drug-likeness (QED) is 0.344. The van der Waals surface area contributed by atoms with Crippen LogP contribution in [0.15, 0.2) is 24.5 Å². The molecule has 0 amide bonds. The zero-order valence-electron chi connectivity index (χ0n) is 6.21. The number of hydrogen-bond acceptors (Lipinski definition) is 3. The van der Waals surface area contributed by atoms with E-state index in [2.05, 4.69) is 11.3 Å². The molecule has 0 spiro atoms. The van der Waals surface area contributed by atoms with Gasteiger partial charge in [-0.1, -0.05) is 6.08 Å². The third-order valence-corrected chi connectivity index (χ3v) is 1.24. The fourth-order valence-electron chi connectivity index (χ4n) is 0.714. The molecule has 1 rings (SSSR count). The molecule has 0 aromatic carbocycles. The van der Waals surface area contributed by atoms with Crippen LogP contribution in [0.3, 0.4) is 0 Å². The van der Waals surface area contributed by atoms with Gasteiger partial charge in [-0.3, -0.25) is 0 Å². The van der Waals surface area contributed by atoms with E-state index in [-0.39, 0.29) is 12.6 Å². The van der Waals surface area contributed by atoms with Crippen molar-refractivity contribution in [2.24, 2.45) is 0 Å². The van der Waals surface area contributed by atoms with Gasteiger partial charge in [0.1, 0.15) is 12.4 Å². The maximum Gasteiger partial charge on any atom is 0.334 e. The van der Waals surface area contributed by atoms with Crippen LogP contribution in [0, 0.1) is 0 Å². The zero-order valence-corrected chi connectivity index (χ0v) is 6.21. The molecule has 1 heterocycles. The largest absolute Gasteiger partial charge is 0.494 e. The molecule has 0 bridgehead atoms. The summed E-state index contributed by atoms with van der Waals surface area (Å²) in [5.41, 5.74) is 0. The molecule has 3 nitrogen and oxygen atoms in total. The van der Waals surface area contributed by atoms with Crippen molar-refractivity contribution in [2.45, 2.75) is 6.42 Å². The van der Waals surface area contributed by atoms with E-state index in [9.17, 15) is 4.79 Å². The molecule has 0 atom stereocenters. The van der Waals surface area contributed by atoms with Crippen molar-refractivity contribution >= 4 is 5.97 Å². The second-order valence-electron chi connectivity index (χ2n) is 2.14. The molecule has 0 aromatic rings. The van der Waals surface area contributed by atoms with Gasteiger partial charge in [0.2, 0.25) is 0 Å². The first-order valence-electron chi connectivity index (χ1n) is 3.44. The summed E-state index contributed by atoms with van der Waals surface area (Å²) in [5, 5.41) is 0. The third-order valence-electron chi connectivity index (χ3n) is 1.24. The fraction of sp³-hybridized carbons (Fsp3) is 0.375. The fourth-order valence-corrected chi connectivity index (χ4v) is 0.714. The monoisotopic (exact) mass is 154 g/mol. The van der Waals surface area contributed by atoms with Crippen LogP contribution >= 0.6 is 0 Å². The first-order valence-corrected chi connectivity index (χ1v) is 3.44. The summed E-state index contributed by atoms with van der Waals surface area (Å²) in [6.45, 7) is 4.38. The summed E-state index contributed by atoms with van der Waals surface area (Å²) < 4.78 is 9.77. The van der Waals surface area contributed by atoms with Gasteiger partial charge < -0.3 is 9.47 Å². The lowest BCUT2D eigenvalue weighted by molar-refractivity contribution is -0.135. The Balaban J connectivity index is 2.21. The SMILES string of the molecule is C=CCCOC1=CC(=O)OC1. The summed E-state index contributed by atoms with van der Waals surface area (Å²) in [6, 6.07) is 0. The molecule has 0 radical (unpaired) electrons. The van der Waals surface area contributed by atoms with Crippen molar-refractivity contribution in [1.29, 1.82) is 0 Å². The van der Waals surface area contributed by atoms with Crippen molar-refractivity contribution in [3.8, 4) is 0 Å². The number of esters is 1. The van der Waals surface area contributed by atoms with Crippen LogP contribution in [0.5, 0.6) is 0 Å². The molecule has 0 saturated heterocycles. The maximum absolute atomic E-state index is 10.5. The predicted molar refractivity (Wildman–Crippen MR) is 39.8 cm³/mol. The van der Waals surface area contributed by atoms with E-state index >= 15 is 0 Å². The maximum atomic E-state index is 10.5. The minimum absolute atomic E-state index is 0.274. The molecule has 0 saturated carbocycles. The Morgan fingerprint density at radius 2 is 2.64 bits per heavy atom. The van der Waals surface area contributed by atoms with Crippen molar-refractivity contribution in [1.82, 2.24) is 0 Å². The zero-order chi connectivity index (χ0) is 8.10. The van der Waals surface area contributed by atoms with Crippen molar-refractivity contribution < 1.29 is 14.3 Å². The van der Waals surface area contributed by atoms with E-state index in [1.807, 2.05) is 0 Å². The molecule has 0 aromatic heterocycles. The summed E-state index contributed by atoms with van der Waals surface area (Å²) in [5.74, 6) is 0.287. The van der Waals surface area contributed by atoms with Gasteiger partial charge in [0.05, 0.1) is 12.7 Å². The smallest absolute Gasteiger partial charge is 0.334 e. The van der Waals surface area contributed by atoms with E-state index in [1.54, 1.807) is 6.08 Å². The van der Waals surface area contributed by atoms with E-state index < -0.39 is 0 Å². The minimum Gasteiger partial charge on any atom is -0.494 e. The highest BCUT2D eigenvalue weighted by Crippen LogP contribution is 2.07. The predicted octanol–water partition coefficient (Wildman–Crippen LogP) is 1.02. The number of carbonyl (C=O) groups is 1. The summed E-state index contributed by atoms with van der Waals surface area (Å²) in [6.07, 6.45) is 3.91. The van der Waals surface area contributed by atoms with E-state index in [0.29, 0.717) is 12.4 Å². The van der Waals surface area contributed by atoms with Crippen molar-refractivity contribution in [3.63, 3.8) is 0 Å². The second-order valence-corrected chi connectivity index (χ2v) is 2.14.